The third-order valence-electron chi connectivity index (χ3n) is 2.00. The van der Waals surface area contributed by atoms with Crippen LogP contribution in [-0.2, 0) is 6.42 Å². The summed E-state index contributed by atoms with van der Waals surface area (Å²) in [6, 6.07) is 4.02. The highest BCUT2D eigenvalue weighted by Crippen LogP contribution is 2.31. The number of allylic oxidation sites excluding steroid dienone is 1. The van der Waals surface area contributed by atoms with Gasteiger partial charge in [0.25, 0.3) is 0 Å². The zero-order valence-electron chi connectivity index (χ0n) is 7.52. The zero-order valence-corrected chi connectivity index (χ0v) is 10.7. The highest BCUT2D eigenvalue weighted by molar-refractivity contribution is 9.09. The Morgan fingerprint density at radius 3 is 2.77 bits per heavy atom. The van der Waals surface area contributed by atoms with Gasteiger partial charge in [-0.1, -0.05) is 40.5 Å². The molecule has 0 aliphatic rings. The van der Waals surface area contributed by atoms with Crippen molar-refractivity contribution in [1.82, 2.24) is 0 Å². The van der Waals surface area contributed by atoms with E-state index in [9.17, 15) is 0 Å². The molecule has 0 nitrogen and oxygen atoms in total. The van der Waals surface area contributed by atoms with Crippen molar-refractivity contribution in [3.63, 3.8) is 0 Å². The molecule has 0 amide bonds. The van der Waals surface area contributed by atoms with Gasteiger partial charge in [0.2, 0.25) is 0 Å². The second-order valence-electron chi connectivity index (χ2n) is 3.37. The first-order chi connectivity index (χ1) is 6.09. The van der Waals surface area contributed by atoms with Crippen molar-refractivity contribution in [2.75, 3.05) is 5.33 Å². The molecule has 72 valence electrons. The molecule has 0 saturated heterocycles. The highest BCUT2D eigenvalue weighted by Gasteiger charge is 2.19. The molecule has 0 aliphatic carbocycles. The fourth-order valence-electron chi connectivity index (χ4n) is 1.02. The van der Waals surface area contributed by atoms with Crippen molar-refractivity contribution in [2.45, 2.75) is 13.3 Å². The molecule has 13 heavy (non-hydrogen) atoms. The predicted octanol–water partition coefficient (Wildman–Crippen LogP) is 4.53. The Hall–Kier alpha value is 0.210. The Morgan fingerprint density at radius 1 is 1.69 bits per heavy atom. The maximum absolute atomic E-state index is 5.86. The summed E-state index contributed by atoms with van der Waals surface area (Å²) >= 11 is 11.0. The van der Waals surface area contributed by atoms with Crippen LogP contribution in [0.25, 0.3) is 0 Å². The quantitative estimate of drug-likeness (QED) is 0.561. The Labute approximate surface area is 96.7 Å². The number of hydrogen-bond donors (Lipinski definition) is 0. The van der Waals surface area contributed by atoms with Gasteiger partial charge in [0.05, 0.1) is 4.34 Å². The highest BCUT2D eigenvalue weighted by atomic mass is 79.9. The molecule has 0 aromatic carbocycles. The molecule has 1 aromatic rings. The van der Waals surface area contributed by atoms with Crippen LogP contribution in [0.3, 0.4) is 0 Å². The summed E-state index contributed by atoms with van der Waals surface area (Å²) in [6.07, 6.45) is 2.99. The summed E-state index contributed by atoms with van der Waals surface area (Å²) in [6.45, 7) is 6.03. The molecule has 0 N–H and O–H groups in total. The van der Waals surface area contributed by atoms with Gasteiger partial charge in [0.15, 0.2) is 0 Å². The van der Waals surface area contributed by atoms with Gasteiger partial charge in [-0.25, -0.2) is 0 Å². The van der Waals surface area contributed by atoms with Crippen LogP contribution in [0.4, 0.5) is 0 Å². The molecule has 0 saturated carbocycles. The topological polar surface area (TPSA) is 0 Å². The fraction of sp³-hybridized carbons (Fsp3) is 0.400. The van der Waals surface area contributed by atoms with E-state index in [-0.39, 0.29) is 5.41 Å². The second-order valence-corrected chi connectivity index (χ2v) is 5.73. The minimum Gasteiger partial charge on any atom is -0.128 e. The number of halogens is 2. The number of hydrogen-bond acceptors (Lipinski definition) is 1. The van der Waals surface area contributed by atoms with Crippen LogP contribution in [0.1, 0.15) is 11.8 Å². The van der Waals surface area contributed by atoms with E-state index in [0.29, 0.717) is 0 Å². The van der Waals surface area contributed by atoms with Gasteiger partial charge in [0, 0.05) is 10.2 Å². The van der Waals surface area contributed by atoms with Crippen LogP contribution < -0.4 is 0 Å². The summed E-state index contributed by atoms with van der Waals surface area (Å²) in [5.74, 6) is 0. The molecular formula is C10H12BrClS. The zero-order chi connectivity index (χ0) is 9.90. The molecule has 0 bridgehead atoms. The Balaban J connectivity index is 2.72. The number of thiophene rings is 1. The van der Waals surface area contributed by atoms with E-state index in [1.165, 1.54) is 4.88 Å². The lowest BCUT2D eigenvalue weighted by Gasteiger charge is -2.21. The van der Waals surface area contributed by atoms with Crippen molar-refractivity contribution >= 4 is 38.9 Å². The minimum absolute atomic E-state index is 0.133. The van der Waals surface area contributed by atoms with E-state index in [1.54, 1.807) is 11.3 Å². The average molecular weight is 280 g/mol. The van der Waals surface area contributed by atoms with E-state index in [2.05, 4.69) is 35.5 Å². The maximum Gasteiger partial charge on any atom is 0.0931 e. The van der Waals surface area contributed by atoms with Gasteiger partial charge in [-0.15, -0.1) is 17.9 Å². The predicted molar refractivity (Wildman–Crippen MR) is 65.1 cm³/mol. The maximum atomic E-state index is 5.86. The van der Waals surface area contributed by atoms with Gasteiger partial charge >= 0.3 is 0 Å². The molecule has 0 fully saturated rings. The van der Waals surface area contributed by atoms with Crippen LogP contribution >= 0.6 is 38.9 Å². The smallest absolute Gasteiger partial charge is 0.0931 e. The lowest BCUT2D eigenvalue weighted by atomic mass is 9.89. The minimum atomic E-state index is 0.133. The molecule has 1 unspecified atom stereocenters. The number of alkyl halides is 1. The Bertz CT molecular complexity index is 295. The third-order valence-corrected chi connectivity index (χ3v) is 4.52. The summed E-state index contributed by atoms with van der Waals surface area (Å²) in [4.78, 5) is 1.31. The van der Waals surface area contributed by atoms with Gasteiger partial charge < -0.3 is 0 Å². The lowest BCUT2D eigenvalue weighted by molar-refractivity contribution is 0.498. The summed E-state index contributed by atoms with van der Waals surface area (Å²) < 4.78 is 0.857. The largest absolute Gasteiger partial charge is 0.128 e. The van der Waals surface area contributed by atoms with Crippen LogP contribution in [-0.4, -0.2) is 5.33 Å². The van der Waals surface area contributed by atoms with E-state index in [4.69, 9.17) is 11.6 Å². The van der Waals surface area contributed by atoms with E-state index >= 15 is 0 Å². The van der Waals surface area contributed by atoms with Crippen LogP contribution in [0.5, 0.6) is 0 Å². The molecule has 1 aromatic heterocycles. The Kier molecular flexibility index (Phi) is 4.02. The first-order valence-corrected chi connectivity index (χ1v) is 6.35. The average Bonchev–Trinajstić information content (AvgIpc) is 2.51. The third kappa shape index (κ3) is 3.12. The molecule has 1 rings (SSSR count). The molecule has 0 spiro atoms. The summed E-state index contributed by atoms with van der Waals surface area (Å²) in [5.41, 5.74) is 0.133. The fourth-order valence-corrected chi connectivity index (χ4v) is 2.73. The van der Waals surface area contributed by atoms with Gasteiger partial charge in [0.1, 0.15) is 0 Å². The van der Waals surface area contributed by atoms with E-state index in [1.807, 2.05) is 12.1 Å². The van der Waals surface area contributed by atoms with Crippen molar-refractivity contribution in [1.29, 1.82) is 0 Å². The first kappa shape index (κ1) is 11.3. The molecule has 3 heteroatoms. The molecule has 1 atom stereocenters. The molecule has 0 radical (unpaired) electrons. The van der Waals surface area contributed by atoms with Crippen molar-refractivity contribution < 1.29 is 0 Å². The summed E-state index contributed by atoms with van der Waals surface area (Å²) in [7, 11) is 0. The van der Waals surface area contributed by atoms with Crippen molar-refractivity contribution in [3.8, 4) is 0 Å². The second kappa shape index (κ2) is 4.63. The molecular weight excluding hydrogens is 268 g/mol. The molecule has 0 aliphatic heterocycles. The van der Waals surface area contributed by atoms with Crippen LogP contribution in [0.2, 0.25) is 4.34 Å². The standard InChI is InChI=1S/C10H12BrClS/c1-3-10(2,7-11)6-8-4-5-9(12)13-8/h3-5H,1,6-7H2,2H3. The normalized spacial score (nSPS) is 15.3. The number of rotatable bonds is 4. The van der Waals surface area contributed by atoms with Gasteiger partial charge in [-0.05, 0) is 24.0 Å². The monoisotopic (exact) mass is 278 g/mol. The van der Waals surface area contributed by atoms with Crippen molar-refractivity contribution in [2.24, 2.45) is 5.41 Å². The lowest BCUT2D eigenvalue weighted by Crippen LogP contribution is -2.17. The Morgan fingerprint density at radius 2 is 2.38 bits per heavy atom. The van der Waals surface area contributed by atoms with Gasteiger partial charge in [-0.2, -0.15) is 0 Å². The van der Waals surface area contributed by atoms with Crippen LogP contribution in [0, 0.1) is 5.41 Å². The summed E-state index contributed by atoms with van der Waals surface area (Å²) in [5, 5.41) is 0.930. The first-order valence-electron chi connectivity index (χ1n) is 4.03. The van der Waals surface area contributed by atoms with E-state index < -0.39 is 0 Å². The van der Waals surface area contributed by atoms with E-state index in [0.717, 1.165) is 16.1 Å². The van der Waals surface area contributed by atoms with Crippen molar-refractivity contribution in [3.05, 3.63) is 34.0 Å². The SMILES string of the molecule is C=CC(C)(CBr)Cc1ccc(Cl)s1. The molecule has 1 heterocycles. The van der Waals surface area contributed by atoms with Crippen LogP contribution in [0.15, 0.2) is 24.8 Å². The van der Waals surface area contributed by atoms with Gasteiger partial charge in [-0.3, -0.25) is 0 Å².